The van der Waals surface area contributed by atoms with Crippen LogP contribution >= 0.6 is 39.3 Å². The molecule has 3 aromatic rings. The number of rotatable bonds is 6. The molecule has 1 saturated heterocycles. The van der Waals surface area contributed by atoms with Crippen LogP contribution in [0.3, 0.4) is 0 Å². The Morgan fingerprint density at radius 1 is 1.09 bits per heavy atom. The Bertz CT molecular complexity index is 1360. The molecule has 10 heteroatoms. The van der Waals surface area contributed by atoms with Crippen molar-refractivity contribution in [1.82, 2.24) is 4.90 Å². The van der Waals surface area contributed by atoms with Gasteiger partial charge >= 0.3 is 0 Å². The average Bonchev–Trinajstić information content (AvgIpc) is 3.39. The van der Waals surface area contributed by atoms with Crippen molar-refractivity contribution in [2.24, 2.45) is 0 Å². The minimum atomic E-state index is -0.401. The van der Waals surface area contributed by atoms with Crippen molar-refractivity contribution in [1.29, 1.82) is 0 Å². The monoisotopic (exact) mass is 575 g/mol. The second-order valence-electron chi connectivity index (χ2n) is 7.67. The summed E-state index contributed by atoms with van der Waals surface area (Å²) in [6.45, 7) is 0.405. The molecule has 0 spiro atoms. The quantitative estimate of drug-likeness (QED) is 0.301. The molecule has 2 heterocycles. The molecule has 5 rings (SSSR count). The summed E-state index contributed by atoms with van der Waals surface area (Å²) in [4.78, 5) is 27.0. The van der Waals surface area contributed by atoms with Gasteiger partial charge in [-0.2, -0.15) is 0 Å². The lowest BCUT2D eigenvalue weighted by atomic mass is 10.1. The SMILES string of the molecule is O=C1S/C(=C\c2ccc(OCc3ccc(F)cc3)c(Br)c2)C(=O)N1Cc1cc2c(cc1Cl)OCO2. The van der Waals surface area contributed by atoms with Gasteiger partial charge in [0.25, 0.3) is 11.1 Å². The van der Waals surface area contributed by atoms with E-state index in [1.54, 1.807) is 48.5 Å². The van der Waals surface area contributed by atoms with Crippen LogP contribution in [0.4, 0.5) is 9.18 Å². The Labute approximate surface area is 217 Å². The lowest BCUT2D eigenvalue weighted by Crippen LogP contribution is -2.27. The summed E-state index contributed by atoms with van der Waals surface area (Å²) in [5.41, 5.74) is 2.14. The fraction of sp³-hybridized carbons (Fsp3) is 0.120. The standard InChI is InChI=1S/C25H16BrClFNO5S/c26-18-7-15(3-6-20(18)32-12-14-1-4-17(28)5-2-14)8-23-24(30)29(25(31)35-23)11-16-9-21-22(10-19(16)27)34-13-33-21/h1-10H,11-13H2/b23-8-. The van der Waals surface area contributed by atoms with E-state index >= 15 is 0 Å². The number of nitrogens with zero attached hydrogens (tertiary/aromatic N) is 1. The van der Waals surface area contributed by atoms with Crippen LogP contribution in [0.1, 0.15) is 16.7 Å². The molecule has 35 heavy (non-hydrogen) atoms. The molecule has 2 aliphatic rings. The number of thioether (sulfide) groups is 1. The molecule has 0 N–H and O–H groups in total. The third kappa shape index (κ3) is 5.17. The number of carbonyl (C=O) groups is 2. The van der Waals surface area contributed by atoms with E-state index in [2.05, 4.69) is 15.9 Å². The minimum absolute atomic E-state index is 0.0251. The smallest absolute Gasteiger partial charge is 0.293 e. The molecule has 0 unspecified atom stereocenters. The van der Waals surface area contributed by atoms with Gasteiger partial charge in [-0.3, -0.25) is 14.5 Å². The molecule has 0 aliphatic carbocycles. The van der Waals surface area contributed by atoms with Gasteiger partial charge in [-0.25, -0.2) is 4.39 Å². The van der Waals surface area contributed by atoms with E-state index in [-0.39, 0.29) is 31.0 Å². The molecular weight excluding hydrogens is 561 g/mol. The molecule has 6 nitrogen and oxygen atoms in total. The normalized spacial score (nSPS) is 15.9. The molecule has 178 valence electrons. The van der Waals surface area contributed by atoms with E-state index in [4.69, 9.17) is 25.8 Å². The van der Waals surface area contributed by atoms with Crippen LogP contribution in [-0.2, 0) is 17.9 Å². The van der Waals surface area contributed by atoms with Gasteiger partial charge in [0.2, 0.25) is 6.79 Å². The number of ether oxygens (including phenoxy) is 3. The number of fused-ring (bicyclic) bond motifs is 1. The van der Waals surface area contributed by atoms with Crippen molar-refractivity contribution in [2.75, 3.05) is 6.79 Å². The summed E-state index contributed by atoms with van der Waals surface area (Å²) in [6.07, 6.45) is 1.65. The number of halogens is 3. The van der Waals surface area contributed by atoms with Crippen LogP contribution < -0.4 is 14.2 Å². The minimum Gasteiger partial charge on any atom is -0.488 e. The zero-order chi connectivity index (χ0) is 24.5. The molecule has 0 radical (unpaired) electrons. The number of amides is 2. The van der Waals surface area contributed by atoms with E-state index in [1.807, 2.05) is 0 Å². The molecule has 3 aromatic carbocycles. The summed E-state index contributed by atoms with van der Waals surface area (Å²) in [7, 11) is 0. The van der Waals surface area contributed by atoms with E-state index in [9.17, 15) is 14.0 Å². The maximum Gasteiger partial charge on any atom is 0.293 e. The highest BCUT2D eigenvalue weighted by Crippen LogP contribution is 2.39. The largest absolute Gasteiger partial charge is 0.488 e. The second kappa shape index (κ2) is 9.93. The third-order valence-electron chi connectivity index (χ3n) is 5.30. The van der Waals surface area contributed by atoms with Gasteiger partial charge in [0.05, 0.1) is 15.9 Å². The van der Waals surface area contributed by atoms with Crippen LogP contribution in [0.2, 0.25) is 5.02 Å². The highest BCUT2D eigenvalue weighted by atomic mass is 79.9. The first-order valence-corrected chi connectivity index (χ1v) is 12.4. The topological polar surface area (TPSA) is 65.1 Å². The van der Waals surface area contributed by atoms with E-state index in [0.717, 1.165) is 27.8 Å². The summed E-state index contributed by atoms with van der Waals surface area (Å²) in [6, 6.07) is 14.7. The van der Waals surface area contributed by atoms with Crippen molar-refractivity contribution in [3.8, 4) is 17.2 Å². The van der Waals surface area contributed by atoms with Gasteiger partial charge in [0, 0.05) is 11.1 Å². The second-order valence-corrected chi connectivity index (χ2v) is 9.92. The molecule has 0 atom stereocenters. The number of carbonyl (C=O) groups excluding carboxylic acids is 2. The van der Waals surface area contributed by atoms with Crippen molar-refractivity contribution in [3.05, 3.63) is 91.5 Å². The molecule has 0 bridgehead atoms. The van der Waals surface area contributed by atoms with Crippen molar-refractivity contribution >= 4 is 56.5 Å². The van der Waals surface area contributed by atoms with Gasteiger partial charge in [-0.1, -0.05) is 29.8 Å². The maximum absolute atomic E-state index is 13.1. The summed E-state index contributed by atoms with van der Waals surface area (Å²) < 4.78 is 30.2. The first-order chi connectivity index (χ1) is 16.9. The molecule has 0 saturated carbocycles. The van der Waals surface area contributed by atoms with Crippen molar-refractivity contribution in [2.45, 2.75) is 13.2 Å². The number of hydrogen-bond acceptors (Lipinski definition) is 6. The Morgan fingerprint density at radius 3 is 2.57 bits per heavy atom. The zero-order valence-corrected chi connectivity index (χ0v) is 21.1. The van der Waals surface area contributed by atoms with E-state index in [1.165, 1.54) is 12.1 Å². The van der Waals surface area contributed by atoms with Gasteiger partial charge in [-0.05, 0) is 80.8 Å². The van der Waals surface area contributed by atoms with Crippen LogP contribution in [0.5, 0.6) is 17.2 Å². The lowest BCUT2D eigenvalue weighted by Gasteiger charge is -2.14. The van der Waals surface area contributed by atoms with Gasteiger partial charge < -0.3 is 14.2 Å². The van der Waals surface area contributed by atoms with Crippen LogP contribution in [-0.4, -0.2) is 22.8 Å². The van der Waals surface area contributed by atoms with Gasteiger partial charge in [0.15, 0.2) is 11.5 Å². The average molecular weight is 577 g/mol. The molecule has 1 fully saturated rings. The highest BCUT2D eigenvalue weighted by molar-refractivity contribution is 9.10. The molecule has 2 aliphatic heterocycles. The highest BCUT2D eigenvalue weighted by Gasteiger charge is 2.35. The predicted molar refractivity (Wildman–Crippen MR) is 134 cm³/mol. The first kappa shape index (κ1) is 23.7. The Hall–Kier alpha value is -3.01. The Morgan fingerprint density at radius 2 is 1.83 bits per heavy atom. The summed E-state index contributed by atoms with van der Waals surface area (Å²) in [5, 5.41) is 0.00531. The van der Waals surface area contributed by atoms with Crippen molar-refractivity contribution in [3.63, 3.8) is 0 Å². The van der Waals surface area contributed by atoms with Gasteiger partial charge in [-0.15, -0.1) is 0 Å². The fourth-order valence-electron chi connectivity index (χ4n) is 3.50. The lowest BCUT2D eigenvalue weighted by molar-refractivity contribution is -0.123. The number of benzene rings is 3. The predicted octanol–water partition coefficient (Wildman–Crippen LogP) is 6.79. The van der Waals surface area contributed by atoms with Gasteiger partial charge in [0.1, 0.15) is 18.2 Å². The number of imide groups is 1. The molecule has 2 amide bonds. The van der Waals surface area contributed by atoms with Crippen molar-refractivity contribution < 1.29 is 28.2 Å². The Balaban J connectivity index is 1.28. The molecular formula is C25H16BrClFNO5S. The Kier molecular flexibility index (Phi) is 6.73. The number of hydrogen-bond donors (Lipinski definition) is 0. The van der Waals surface area contributed by atoms with Crippen LogP contribution in [0.25, 0.3) is 6.08 Å². The third-order valence-corrected chi connectivity index (χ3v) is 7.18. The van der Waals surface area contributed by atoms with Crippen LogP contribution in [0.15, 0.2) is 64.0 Å². The van der Waals surface area contributed by atoms with Crippen LogP contribution in [0, 0.1) is 5.82 Å². The maximum atomic E-state index is 13.1. The summed E-state index contributed by atoms with van der Waals surface area (Å²) >= 11 is 10.7. The summed E-state index contributed by atoms with van der Waals surface area (Å²) in [5.74, 6) is 0.947. The fourth-order valence-corrected chi connectivity index (χ4v) is 5.07. The van der Waals surface area contributed by atoms with E-state index in [0.29, 0.717) is 37.2 Å². The first-order valence-electron chi connectivity index (χ1n) is 10.4. The van der Waals surface area contributed by atoms with E-state index < -0.39 is 5.91 Å². The zero-order valence-electron chi connectivity index (χ0n) is 17.9. The molecule has 0 aromatic heterocycles.